The molecule has 0 fully saturated rings. The molecular formula is C13H13F4N3O2. The molecule has 0 heterocycles. The summed E-state index contributed by atoms with van der Waals surface area (Å²) in [5.74, 6) is -2.30. The van der Waals surface area contributed by atoms with Crippen LogP contribution in [-0.4, -0.2) is 24.6 Å². The van der Waals surface area contributed by atoms with Crippen molar-refractivity contribution in [2.24, 2.45) is 16.5 Å². The van der Waals surface area contributed by atoms with Crippen LogP contribution in [0.3, 0.4) is 0 Å². The number of alkyl halides is 3. The van der Waals surface area contributed by atoms with Gasteiger partial charge in [-0.05, 0) is 25.1 Å². The molecular weight excluding hydrogens is 306 g/mol. The van der Waals surface area contributed by atoms with Crippen molar-refractivity contribution in [3.63, 3.8) is 0 Å². The molecule has 0 aliphatic heterocycles. The Morgan fingerprint density at radius 2 is 2.00 bits per heavy atom. The van der Waals surface area contributed by atoms with E-state index < -0.39 is 29.5 Å². The Labute approximate surface area is 123 Å². The Kier molecular flexibility index (Phi) is 5.50. The lowest BCUT2D eigenvalue weighted by atomic mass is 10.2. The third-order valence-corrected chi connectivity index (χ3v) is 2.34. The highest BCUT2D eigenvalue weighted by molar-refractivity contribution is 5.94. The molecule has 1 rings (SSSR count). The van der Waals surface area contributed by atoms with Crippen LogP contribution in [0, 0.1) is 5.82 Å². The lowest BCUT2D eigenvalue weighted by molar-refractivity contribution is -0.0925. The summed E-state index contributed by atoms with van der Waals surface area (Å²) in [6.07, 6.45) is -4.38. The number of hydrogen-bond donors (Lipinski definition) is 2. The summed E-state index contributed by atoms with van der Waals surface area (Å²) in [4.78, 5) is 14.9. The van der Waals surface area contributed by atoms with Crippen molar-refractivity contribution in [3.8, 4) is 0 Å². The fourth-order valence-corrected chi connectivity index (χ4v) is 1.35. The number of esters is 1. The summed E-state index contributed by atoms with van der Waals surface area (Å²) in [5.41, 5.74) is 8.16. The van der Waals surface area contributed by atoms with Gasteiger partial charge in [0.15, 0.2) is 0 Å². The second-order valence-corrected chi connectivity index (χ2v) is 4.02. The number of ether oxygens (including phenoxy) is 1. The van der Waals surface area contributed by atoms with E-state index in [4.69, 9.17) is 11.5 Å². The summed E-state index contributed by atoms with van der Waals surface area (Å²) in [5, 5.41) is 0. The quantitative estimate of drug-likeness (QED) is 0.386. The first-order chi connectivity index (χ1) is 10.1. The molecule has 0 aliphatic rings. The monoisotopic (exact) mass is 319 g/mol. The minimum Gasteiger partial charge on any atom is -0.462 e. The molecule has 0 amide bonds. The van der Waals surface area contributed by atoms with Crippen LogP contribution in [0.1, 0.15) is 17.3 Å². The number of aliphatic imine (C=N–C) groups is 1. The van der Waals surface area contributed by atoms with Crippen LogP contribution in [0.25, 0.3) is 0 Å². The number of amidine groups is 1. The van der Waals surface area contributed by atoms with Crippen molar-refractivity contribution < 1.29 is 27.1 Å². The van der Waals surface area contributed by atoms with E-state index in [0.29, 0.717) is 6.08 Å². The second-order valence-electron chi connectivity index (χ2n) is 4.02. The Hall–Kier alpha value is -2.58. The smallest absolute Gasteiger partial charge is 0.430 e. The molecule has 0 atom stereocenters. The van der Waals surface area contributed by atoms with Gasteiger partial charge in [-0.3, -0.25) is 0 Å². The SMILES string of the molecule is CCOC(=O)c1ccc(N=C(N)C=C(N)C(F)(F)F)c(F)c1. The summed E-state index contributed by atoms with van der Waals surface area (Å²) in [6, 6.07) is 3.15. The first-order valence-electron chi connectivity index (χ1n) is 6.00. The molecule has 1 aromatic rings. The second kappa shape index (κ2) is 6.92. The molecule has 0 unspecified atom stereocenters. The largest absolute Gasteiger partial charge is 0.462 e. The van der Waals surface area contributed by atoms with Gasteiger partial charge < -0.3 is 16.2 Å². The minimum atomic E-state index is -4.76. The first-order valence-corrected chi connectivity index (χ1v) is 6.00. The molecule has 1 aromatic carbocycles. The van der Waals surface area contributed by atoms with Gasteiger partial charge in [0.05, 0.1) is 12.2 Å². The summed E-state index contributed by atoms with van der Waals surface area (Å²) in [7, 11) is 0. The van der Waals surface area contributed by atoms with Crippen molar-refractivity contribution in [3.05, 3.63) is 41.4 Å². The number of halogens is 4. The molecule has 5 nitrogen and oxygen atoms in total. The van der Waals surface area contributed by atoms with Crippen molar-refractivity contribution in [2.75, 3.05) is 6.61 Å². The third-order valence-electron chi connectivity index (χ3n) is 2.34. The Morgan fingerprint density at radius 1 is 1.36 bits per heavy atom. The van der Waals surface area contributed by atoms with Crippen LogP contribution in [0.2, 0.25) is 0 Å². The fourth-order valence-electron chi connectivity index (χ4n) is 1.35. The Bertz CT molecular complexity index is 624. The lowest BCUT2D eigenvalue weighted by Crippen LogP contribution is -2.22. The zero-order valence-corrected chi connectivity index (χ0v) is 11.4. The average Bonchev–Trinajstić information content (AvgIpc) is 2.40. The van der Waals surface area contributed by atoms with Gasteiger partial charge in [-0.15, -0.1) is 0 Å². The van der Waals surface area contributed by atoms with Gasteiger partial charge in [-0.1, -0.05) is 0 Å². The van der Waals surface area contributed by atoms with E-state index in [1.165, 1.54) is 6.07 Å². The van der Waals surface area contributed by atoms with E-state index >= 15 is 0 Å². The molecule has 0 aliphatic carbocycles. The van der Waals surface area contributed by atoms with E-state index in [0.717, 1.165) is 12.1 Å². The fraction of sp³-hybridized carbons (Fsp3) is 0.231. The van der Waals surface area contributed by atoms with E-state index in [-0.39, 0.29) is 17.9 Å². The maximum Gasteiger partial charge on any atom is 0.430 e. The molecule has 9 heteroatoms. The third kappa shape index (κ3) is 4.76. The normalized spacial score (nSPS) is 13.1. The topological polar surface area (TPSA) is 90.7 Å². The predicted octanol–water partition coefficient (Wildman–Crippen LogP) is 2.40. The van der Waals surface area contributed by atoms with Crippen molar-refractivity contribution in [1.29, 1.82) is 0 Å². The highest BCUT2D eigenvalue weighted by atomic mass is 19.4. The highest BCUT2D eigenvalue weighted by Gasteiger charge is 2.31. The van der Waals surface area contributed by atoms with E-state index in [9.17, 15) is 22.4 Å². The zero-order valence-electron chi connectivity index (χ0n) is 11.4. The van der Waals surface area contributed by atoms with Gasteiger partial charge in [-0.25, -0.2) is 14.2 Å². The summed E-state index contributed by atoms with van der Waals surface area (Å²) < 4.78 is 55.1. The number of hydrogen-bond acceptors (Lipinski definition) is 4. The Morgan fingerprint density at radius 3 is 2.50 bits per heavy atom. The minimum absolute atomic E-state index is 0.0535. The molecule has 0 saturated carbocycles. The Balaban J connectivity index is 3.04. The van der Waals surface area contributed by atoms with Crippen LogP contribution in [0.4, 0.5) is 23.2 Å². The lowest BCUT2D eigenvalue weighted by Gasteiger charge is -2.06. The van der Waals surface area contributed by atoms with Gasteiger partial charge in [0.25, 0.3) is 0 Å². The van der Waals surface area contributed by atoms with Crippen LogP contribution in [0.15, 0.2) is 35.0 Å². The first kappa shape index (κ1) is 17.5. The molecule has 120 valence electrons. The van der Waals surface area contributed by atoms with Crippen LogP contribution >= 0.6 is 0 Å². The maximum atomic E-state index is 13.7. The molecule has 0 spiro atoms. The van der Waals surface area contributed by atoms with Gasteiger partial charge >= 0.3 is 12.1 Å². The number of carbonyl (C=O) groups excluding carboxylic acids is 1. The van der Waals surface area contributed by atoms with Crippen LogP contribution in [-0.2, 0) is 4.74 Å². The number of rotatable bonds is 4. The number of allylic oxidation sites excluding steroid dienone is 1. The molecule has 0 radical (unpaired) electrons. The molecule has 0 saturated heterocycles. The maximum absolute atomic E-state index is 13.7. The van der Waals surface area contributed by atoms with E-state index in [1.807, 2.05) is 0 Å². The van der Waals surface area contributed by atoms with Crippen molar-refractivity contribution >= 4 is 17.5 Å². The van der Waals surface area contributed by atoms with Gasteiger partial charge in [0.2, 0.25) is 0 Å². The number of benzene rings is 1. The molecule has 0 aromatic heterocycles. The van der Waals surface area contributed by atoms with Gasteiger partial charge in [0, 0.05) is 6.08 Å². The van der Waals surface area contributed by atoms with Crippen LogP contribution in [0.5, 0.6) is 0 Å². The van der Waals surface area contributed by atoms with Gasteiger partial charge in [-0.2, -0.15) is 13.2 Å². The summed E-state index contributed by atoms with van der Waals surface area (Å²) >= 11 is 0. The standard InChI is InChI=1S/C13H13F4N3O2/c1-2-22-12(21)7-3-4-9(8(14)5-7)20-11(19)6-10(18)13(15,16)17/h3-6H,2,18H2,1H3,(H2,19,20). The average molecular weight is 319 g/mol. The zero-order chi connectivity index (χ0) is 16.9. The van der Waals surface area contributed by atoms with E-state index in [2.05, 4.69) is 9.73 Å². The molecule has 4 N–H and O–H groups in total. The van der Waals surface area contributed by atoms with Crippen molar-refractivity contribution in [2.45, 2.75) is 13.1 Å². The van der Waals surface area contributed by atoms with E-state index in [1.54, 1.807) is 6.92 Å². The molecule has 0 bridgehead atoms. The predicted molar refractivity (Wildman–Crippen MR) is 72.0 cm³/mol. The van der Waals surface area contributed by atoms with Gasteiger partial charge in [0.1, 0.15) is 23.0 Å². The number of nitrogens with zero attached hydrogens (tertiary/aromatic N) is 1. The number of nitrogens with two attached hydrogens (primary N) is 2. The highest BCUT2D eigenvalue weighted by Crippen LogP contribution is 2.22. The summed E-state index contributed by atoms with van der Waals surface area (Å²) in [6.45, 7) is 1.71. The molecule has 22 heavy (non-hydrogen) atoms. The number of carbonyl (C=O) groups is 1. The van der Waals surface area contributed by atoms with Crippen molar-refractivity contribution in [1.82, 2.24) is 0 Å². The van der Waals surface area contributed by atoms with Crippen LogP contribution < -0.4 is 11.5 Å².